The molecule has 0 aliphatic heterocycles. The van der Waals surface area contributed by atoms with Gasteiger partial charge in [0.25, 0.3) is 0 Å². The number of nitrogens with two attached hydrogens (primary N) is 1. The molecule has 1 rings (SSSR count). The smallest absolute Gasteiger partial charge is 0.320 e. The van der Waals surface area contributed by atoms with E-state index in [1.165, 1.54) is 7.11 Å². The van der Waals surface area contributed by atoms with Crippen molar-refractivity contribution in [1.82, 2.24) is 0 Å². The number of carboxylic acid groups (broad SMARTS) is 1. The fourth-order valence-electron chi connectivity index (χ4n) is 1.20. The third-order valence-electron chi connectivity index (χ3n) is 2.11. The molecule has 0 saturated heterocycles. The van der Waals surface area contributed by atoms with Crippen molar-refractivity contribution < 1.29 is 19.4 Å². The average Bonchev–Trinajstić information content (AvgIpc) is 2.28. The molecule has 0 saturated carbocycles. The summed E-state index contributed by atoms with van der Waals surface area (Å²) in [6.45, 7) is 0. The number of hydrogen-bond acceptors (Lipinski definition) is 4. The Hall–Kier alpha value is -1.59. The summed E-state index contributed by atoms with van der Waals surface area (Å²) in [6, 6.07) is 5.35. The Morgan fingerprint density at radius 2 is 2.12 bits per heavy atom. The van der Waals surface area contributed by atoms with E-state index in [9.17, 15) is 9.59 Å². The van der Waals surface area contributed by atoms with Gasteiger partial charge in [-0.2, -0.15) is 0 Å². The molecule has 0 fully saturated rings. The molecule has 0 aromatic heterocycles. The van der Waals surface area contributed by atoms with Crippen LogP contribution in [0.4, 0.5) is 0 Å². The number of ether oxygens (including phenoxy) is 1. The summed E-state index contributed by atoms with van der Waals surface area (Å²) in [4.78, 5) is 22.1. The van der Waals surface area contributed by atoms with Gasteiger partial charge in [-0.3, -0.25) is 9.59 Å². The highest BCUT2D eigenvalue weighted by Gasteiger charge is 2.17. The molecule has 1 aromatic carbocycles. The van der Waals surface area contributed by atoms with Gasteiger partial charge in [0.1, 0.15) is 11.8 Å². The van der Waals surface area contributed by atoms with Crippen LogP contribution in [-0.4, -0.2) is 30.0 Å². The van der Waals surface area contributed by atoms with Crippen LogP contribution in [0.25, 0.3) is 0 Å². The zero-order valence-corrected chi connectivity index (χ0v) is 10.1. The minimum absolute atomic E-state index is 0. The normalized spacial score (nSPS) is 11.2. The fourth-order valence-corrected chi connectivity index (χ4v) is 1.20. The summed E-state index contributed by atoms with van der Waals surface area (Å²) in [6.07, 6.45) is -0.220. The largest absolute Gasteiger partial charge is 0.497 e. The van der Waals surface area contributed by atoms with Crippen LogP contribution in [0.2, 0.25) is 0 Å². The zero-order chi connectivity index (χ0) is 12.1. The Bertz CT molecular complexity index is 408. The highest BCUT2D eigenvalue weighted by molar-refractivity contribution is 5.98. The summed E-state index contributed by atoms with van der Waals surface area (Å²) >= 11 is 0. The van der Waals surface area contributed by atoms with Gasteiger partial charge in [0.15, 0.2) is 5.78 Å². The van der Waals surface area contributed by atoms with Crippen molar-refractivity contribution in [2.45, 2.75) is 12.5 Å². The summed E-state index contributed by atoms with van der Waals surface area (Å²) in [5.74, 6) is -0.945. The number of aliphatic carboxylic acids is 1. The van der Waals surface area contributed by atoms with Crippen LogP contribution in [0.15, 0.2) is 24.3 Å². The quantitative estimate of drug-likeness (QED) is 0.773. The first kappa shape index (κ1) is 15.4. The number of carbonyl (C=O) groups is 2. The van der Waals surface area contributed by atoms with Gasteiger partial charge in [0.2, 0.25) is 0 Å². The Balaban J connectivity index is 0.00000256. The first-order chi connectivity index (χ1) is 7.54. The standard InChI is InChI=1S/C11H13NO4.ClH/c1-16-8-4-2-3-7(5-8)10(13)6-9(12)11(14)15;/h2-5,9H,6,12H2,1H3,(H,14,15);1H. The van der Waals surface area contributed by atoms with E-state index in [1.54, 1.807) is 24.3 Å². The van der Waals surface area contributed by atoms with Crippen molar-refractivity contribution in [3.63, 3.8) is 0 Å². The minimum Gasteiger partial charge on any atom is -0.497 e. The number of methoxy groups -OCH3 is 1. The molecule has 0 aliphatic rings. The van der Waals surface area contributed by atoms with Gasteiger partial charge >= 0.3 is 5.97 Å². The first-order valence-electron chi connectivity index (χ1n) is 4.70. The number of benzene rings is 1. The predicted octanol–water partition coefficient (Wildman–Crippen LogP) is 1.10. The third-order valence-corrected chi connectivity index (χ3v) is 2.11. The van der Waals surface area contributed by atoms with Crippen LogP contribution < -0.4 is 10.5 Å². The van der Waals surface area contributed by atoms with E-state index >= 15 is 0 Å². The van der Waals surface area contributed by atoms with Crippen LogP contribution in [0.1, 0.15) is 16.8 Å². The lowest BCUT2D eigenvalue weighted by Gasteiger charge is -2.06. The van der Waals surface area contributed by atoms with Crippen molar-refractivity contribution in [3.8, 4) is 5.75 Å². The van der Waals surface area contributed by atoms with E-state index in [-0.39, 0.29) is 24.6 Å². The lowest BCUT2D eigenvalue weighted by atomic mass is 10.0. The maximum Gasteiger partial charge on any atom is 0.320 e. The Kier molecular flexibility index (Phi) is 6.23. The second kappa shape index (κ2) is 6.88. The first-order valence-corrected chi connectivity index (χ1v) is 4.70. The molecule has 94 valence electrons. The molecule has 17 heavy (non-hydrogen) atoms. The van der Waals surface area contributed by atoms with E-state index in [0.29, 0.717) is 11.3 Å². The molecular formula is C11H14ClNO4. The maximum absolute atomic E-state index is 11.6. The Morgan fingerprint density at radius 3 is 2.65 bits per heavy atom. The molecule has 1 aromatic rings. The highest BCUT2D eigenvalue weighted by atomic mass is 35.5. The Labute approximate surface area is 105 Å². The molecule has 1 atom stereocenters. The average molecular weight is 260 g/mol. The second-order valence-corrected chi connectivity index (χ2v) is 3.30. The minimum atomic E-state index is -1.18. The van der Waals surface area contributed by atoms with Crippen LogP contribution in [0, 0.1) is 0 Å². The number of carboxylic acids is 1. The number of halogens is 1. The molecule has 1 unspecified atom stereocenters. The van der Waals surface area contributed by atoms with Crippen molar-refractivity contribution in [2.75, 3.05) is 7.11 Å². The van der Waals surface area contributed by atoms with E-state index in [0.717, 1.165) is 0 Å². The lowest BCUT2D eigenvalue weighted by Crippen LogP contribution is -2.32. The van der Waals surface area contributed by atoms with Crippen molar-refractivity contribution in [1.29, 1.82) is 0 Å². The number of rotatable bonds is 5. The highest BCUT2D eigenvalue weighted by Crippen LogP contribution is 2.14. The van der Waals surface area contributed by atoms with E-state index in [2.05, 4.69) is 0 Å². The molecule has 0 heterocycles. The molecule has 3 N–H and O–H groups in total. The number of carbonyl (C=O) groups excluding carboxylic acids is 1. The Morgan fingerprint density at radius 1 is 1.47 bits per heavy atom. The van der Waals surface area contributed by atoms with Crippen LogP contribution in [0.5, 0.6) is 5.75 Å². The summed E-state index contributed by atoms with van der Waals surface area (Å²) in [5.41, 5.74) is 5.67. The van der Waals surface area contributed by atoms with Crippen LogP contribution in [0.3, 0.4) is 0 Å². The van der Waals surface area contributed by atoms with Gasteiger partial charge in [-0.1, -0.05) is 12.1 Å². The maximum atomic E-state index is 11.6. The summed E-state index contributed by atoms with van der Waals surface area (Å²) in [7, 11) is 1.49. The topological polar surface area (TPSA) is 89.6 Å². The summed E-state index contributed by atoms with van der Waals surface area (Å²) in [5, 5.41) is 8.58. The second-order valence-electron chi connectivity index (χ2n) is 3.30. The molecule has 0 aliphatic carbocycles. The van der Waals surface area contributed by atoms with Crippen LogP contribution in [-0.2, 0) is 4.79 Å². The van der Waals surface area contributed by atoms with Gasteiger partial charge in [0.05, 0.1) is 7.11 Å². The van der Waals surface area contributed by atoms with Crippen molar-refractivity contribution >= 4 is 24.2 Å². The number of ketones is 1. The molecular weight excluding hydrogens is 246 g/mol. The van der Waals surface area contributed by atoms with E-state index in [1.807, 2.05) is 0 Å². The zero-order valence-electron chi connectivity index (χ0n) is 9.25. The van der Waals surface area contributed by atoms with Gasteiger partial charge in [-0.05, 0) is 12.1 Å². The van der Waals surface area contributed by atoms with E-state index in [4.69, 9.17) is 15.6 Å². The van der Waals surface area contributed by atoms with Gasteiger partial charge in [0, 0.05) is 12.0 Å². The molecule has 0 radical (unpaired) electrons. The van der Waals surface area contributed by atoms with Gasteiger partial charge < -0.3 is 15.6 Å². The molecule has 0 amide bonds. The number of Topliss-reactive ketones (excluding diaryl/α,β-unsaturated/α-hetero) is 1. The van der Waals surface area contributed by atoms with Crippen molar-refractivity contribution in [3.05, 3.63) is 29.8 Å². The summed E-state index contributed by atoms with van der Waals surface area (Å²) < 4.78 is 4.96. The fraction of sp³-hybridized carbons (Fsp3) is 0.273. The van der Waals surface area contributed by atoms with Gasteiger partial charge in [-0.25, -0.2) is 0 Å². The molecule has 6 heteroatoms. The predicted molar refractivity (Wildman–Crippen MR) is 64.8 cm³/mol. The lowest BCUT2D eigenvalue weighted by molar-refractivity contribution is -0.138. The third kappa shape index (κ3) is 4.42. The monoisotopic (exact) mass is 259 g/mol. The molecule has 0 spiro atoms. The molecule has 5 nitrogen and oxygen atoms in total. The van der Waals surface area contributed by atoms with Crippen LogP contribution >= 0.6 is 12.4 Å². The van der Waals surface area contributed by atoms with Crippen molar-refractivity contribution in [2.24, 2.45) is 5.73 Å². The molecule has 0 bridgehead atoms. The number of hydrogen-bond donors (Lipinski definition) is 2. The van der Waals surface area contributed by atoms with E-state index < -0.39 is 12.0 Å². The SMILES string of the molecule is COc1cccc(C(=O)CC(N)C(=O)O)c1.Cl. The van der Waals surface area contributed by atoms with Gasteiger partial charge in [-0.15, -0.1) is 12.4 Å².